The van der Waals surface area contributed by atoms with Crippen LogP contribution in [0.3, 0.4) is 0 Å². The predicted molar refractivity (Wildman–Crippen MR) is 68.2 cm³/mol. The molecule has 0 fully saturated rings. The fourth-order valence-electron chi connectivity index (χ4n) is 1.52. The van der Waals surface area contributed by atoms with Gasteiger partial charge in [-0.2, -0.15) is 0 Å². The number of rotatable bonds is 6. The summed E-state index contributed by atoms with van der Waals surface area (Å²) >= 11 is 0. The minimum absolute atomic E-state index is 0.0780. The highest BCUT2D eigenvalue weighted by Crippen LogP contribution is 2.18. The summed E-state index contributed by atoms with van der Waals surface area (Å²) < 4.78 is 32.4. The molecule has 1 atom stereocenters. The molecular weight excluding hydrogens is 272 g/mol. The molecule has 19 heavy (non-hydrogen) atoms. The number of furan rings is 1. The lowest BCUT2D eigenvalue weighted by molar-refractivity contribution is 0.0900. The molecule has 0 saturated heterocycles. The van der Waals surface area contributed by atoms with Crippen molar-refractivity contribution < 1.29 is 22.4 Å². The lowest BCUT2D eigenvalue weighted by atomic mass is 10.2. The number of nitrogens with one attached hydrogen (secondary N) is 1. The molecular formula is C11H18N2O5S. The fraction of sp³-hybridized carbons (Fsp3) is 0.545. The predicted octanol–water partition coefficient (Wildman–Crippen LogP) is 0.390. The Balaban J connectivity index is 2.79. The molecule has 1 rings (SSSR count). The van der Waals surface area contributed by atoms with Gasteiger partial charge in [-0.15, -0.1) is 0 Å². The Morgan fingerprint density at radius 3 is 2.68 bits per heavy atom. The van der Waals surface area contributed by atoms with Crippen molar-refractivity contribution in [1.29, 1.82) is 0 Å². The van der Waals surface area contributed by atoms with E-state index in [9.17, 15) is 13.2 Å². The Morgan fingerprint density at radius 1 is 1.58 bits per heavy atom. The first-order valence-electron chi connectivity index (χ1n) is 5.68. The van der Waals surface area contributed by atoms with E-state index in [2.05, 4.69) is 5.32 Å². The molecule has 7 nitrogen and oxygen atoms in total. The average molecular weight is 290 g/mol. The van der Waals surface area contributed by atoms with Crippen molar-refractivity contribution in [3.63, 3.8) is 0 Å². The van der Waals surface area contributed by atoms with Crippen LogP contribution in [0.15, 0.2) is 15.4 Å². The Hall–Kier alpha value is -1.38. The maximum atomic E-state index is 11.8. The summed E-state index contributed by atoms with van der Waals surface area (Å²) in [6.07, 6.45) is 0.643. The second-order valence-electron chi connectivity index (χ2n) is 4.23. The van der Waals surface area contributed by atoms with Gasteiger partial charge in [-0.05, 0) is 20.3 Å². The molecule has 108 valence electrons. The molecule has 1 unspecified atom stereocenters. The number of ether oxygens (including phenoxy) is 1. The standard InChI is InChI=1S/C11H18N2O5S/c1-7(4-5-17-3)13-11(14)9-6-10(8(2)18-9)19(12,15)16/h6-7H,4-5H2,1-3H3,(H,13,14)(H2,12,15,16). The maximum Gasteiger partial charge on any atom is 0.287 e. The molecule has 0 aromatic carbocycles. The van der Waals surface area contributed by atoms with Crippen molar-refractivity contribution in [2.24, 2.45) is 5.14 Å². The zero-order chi connectivity index (χ0) is 14.6. The fourth-order valence-corrected chi connectivity index (χ4v) is 2.24. The van der Waals surface area contributed by atoms with Gasteiger partial charge >= 0.3 is 0 Å². The monoisotopic (exact) mass is 290 g/mol. The van der Waals surface area contributed by atoms with E-state index in [4.69, 9.17) is 14.3 Å². The minimum Gasteiger partial charge on any atom is -0.455 e. The summed E-state index contributed by atoms with van der Waals surface area (Å²) in [6.45, 7) is 3.76. The van der Waals surface area contributed by atoms with Crippen LogP contribution < -0.4 is 10.5 Å². The number of nitrogens with two attached hydrogens (primary N) is 1. The van der Waals surface area contributed by atoms with Crippen LogP contribution in [-0.4, -0.2) is 34.1 Å². The third-order valence-electron chi connectivity index (χ3n) is 2.54. The van der Waals surface area contributed by atoms with Crippen molar-refractivity contribution in [2.75, 3.05) is 13.7 Å². The first-order chi connectivity index (χ1) is 8.75. The van der Waals surface area contributed by atoms with Crippen molar-refractivity contribution >= 4 is 15.9 Å². The van der Waals surface area contributed by atoms with Crippen LogP contribution >= 0.6 is 0 Å². The van der Waals surface area contributed by atoms with Crippen LogP contribution in [0.25, 0.3) is 0 Å². The van der Waals surface area contributed by atoms with Gasteiger partial charge in [0.15, 0.2) is 5.76 Å². The third-order valence-corrected chi connectivity index (χ3v) is 3.55. The molecule has 1 aromatic heterocycles. The van der Waals surface area contributed by atoms with Crippen LogP contribution in [0.1, 0.15) is 29.7 Å². The molecule has 0 bridgehead atoms. The van der Waals surface area contributed by atoms with E-state index in [1.54, 1.807) is 7.11 Å². The largest absolute Gasteiger partial charge is 0.455 e. The van der Waals surface area contributed by atoms with E-state index in [-0.39, 0.29) is 22.5 Å². The number of carbonyl (C=O) groups is 1. The van der Waals surface area contributed by atoms with Crippen LogP contribution in [0, 0.1) is 6.92 Å². The van der Waals surface area contributed by atoms with Crippen LogP contribution in [0.4, 0.5) is 0 Å². The van der Waals surface area contributed by atoms with Gasteiger partial charge < -0.3 is 14.5 Å². The molecule has 0 aliphatic heterocycles. The first kappa shape index (κ1) is 15.7. The maximum absolute atomic E-state index is 11.8. The highest BCUT2D eigenvalue weighted by molar-refractivity contribution is 7.89. The number of primary sulfonamides is 1. The van der Waals surface area contributed by atoms with Gasteiger partial charge in [0.25, 0.3) is 5.91 Å². The van der Waals surface area contributed by atoms with Gasteiger partial charge in [0.1, 0.15) is 10.7 Å². The van der Waals surface area contributed by atoms with E-state index in [1.807, 2.05) is 6.92 Å². The van der Waals surface area contributed by atoms with Crippen LogP contribution in [0.5, 0.6) is 0 Å². The summed E-state index contributed by atoms with van der Waals surface area (Å²) in [6, 6.07) is 1.01. The highest BCUT2D eigenvalue weighted by atomic mass is 32.2. The average Bonchev–Trinajstić information content (AvgIpc) is 2.68. The Kier molecular flexibility index (Phi) is 5.10. The molecule has 8 heteroatoms. The minimum atomic E-state index is -3.88. The first-order valence-corrected chi connectivity index (χ1v) is 7.23. The Bertz CT molecular complexity index is 549. The second kappa shape index (κ2) is 6.18. The molecule has 0 aliphatic rings. The van der Waals surface area contributed by atoms with E-state index in [1.165, 1.54) is 6.92 Å². The lowest BCUT2D eigenvalue weighted by Crippen LogP contribution is -2.33. The van der Waals surface area contributed by atoms with Crippen molar-refractivity contribution in [3.8, 4) is 0 Å². The van der Waals surface area contributed by atoms with E-state index in [0.29, 0.717) is 13.0 Å². The quantitative estimate of drug-likeness (QED) is 0.787. The summed E-state index contributed by atoms with van der Waals surface area (Å²) in [5, 5.41) is 7.68. The van der Waals surface area contributed by atoms with Crippen LogP contribution in [0.2, 0.25) is 0 Å². The zero-order valence-corrected chi connectivity index (χ0v) is 11.9. The number of hydrogen-bond donors (Lipinski definition) is 2. The van der Waals surface area contributed by atoms with E-state index < -0.39 is 15.9 Å². The lowest BCUT2D eigenvalue weighted by Gasteiger charge is -2.11. The van der Waals surface area contributed by atoms with Gasteiger partial charge in [-0.3, -0.25) is 4.79 Å². The molecule has 1 heterocycles. The van der Waals surface area contributed by atoms with Gasteiger partial charge in [-0.1, -0.05) is 0 Å². The number of sulfonamides is 1. The topological polar surface area (TPSA) is 112 Å². The number of carbonyl (C=O) groups excluding carboxylic acids is 1. The number of amides is 1. The number of aryl methyl sites for hydroxylation is 1. The highest BCUT2D eigenvalue weighted by Gasteiger charge is 2.21. The molecule has 1 amide bonds. The molecule has 3 N–H and O–H groups in total. The Labute approximate surface area is 112 Å². The summed E-state index contributed by atoms with van der Waals surface area (Å²) in [5.41, 5.74) is 0. The second-order valence-corrected chi connectivity index (χ2v) is 5.76. The number of hydrogen-bond acceptors (Lipinski definition) is 5. The van der Waals surface area contributed by atoms with Gasteiger partial charge in [0.2, 0.25) is 10.0 Å². The van der Waals surface area contributed by atoms with Crippen molar-refractivity contribution in [3.05, 3.63) is 17.6 Å². The Morgan fingerprint density at radius 2 is 2.21 bits per heavy atom. The molecule has 0 aliphatic carbocycles. The molecule has 0 saturated carbocycles. The third kappa shape index (κ3) is 4.34. The number of methoxy groups -OCH3 is 1. The smallest absolute Gasteiger partial charge is 0.287 e. The van der Waals surface area contributed by atoms with Crippen molar-refractivity contribution in [1.82, 2.24) is 5.32 Å². The van der Waals surface area contributed by atoms with Gasteiger partial charge in [0, 0.05) is 25.8 Å². The molecule has 0 radical (unpaired) electrons. The van der Waals surface area contributed by atoms with E-state index >= 15 is 0 Å². The summed E-state index contributed by atoms with van der Waals surface area (Å²) in [4.78, 5) is 11.7. The SMILES string of the molecule is COCCC(C)NC(=O)c1cc(S(N)(=O)=O)c(C)o1. The zero-order valence-electron chi connectivity index (χ0n) is 11.1. The van der Waals surface area contributed by atoms with Gasteiger partial charge in [0.05, 0.1) is 0 Å². The van der Waals surface area contributed by atoms with Crippen molar-refractivity contribution in [2.45, 2.75) is 31.2 Å². The van der Waals surface area contributed by atoms with Crippen LogP contribution in [-0.2, 0) is 14.8 Å². The molecule has 1 aromatic rings. The van der Waals surface area contributed by atoms with Gasteiger partial charge in [-0.25, -0.2) is 13.6 Å². The normalized spacial score (nSPS) is 13.3. The molecule has 0 spiro atoms. The van der Waals surface area contributed by atoms with E-state index in [0.717, 1.165) is 6.07 Å². The summed E-state index contributed by atoms with van der Waals surface area (Å²) in [5.74, 6) is -0.468. The summed E-state index contributed by atoms with van der Waals surface area (Å²) in [7, 11) is -2.31.